The second-order valence-electron chi connectivity index (χ2n) is 7.93. The topological polar surface area (TPSA) is 60.2 Å². The first-order chi connectivity index (χ1) is 14.9. The molecule has 2 aromatic rings. The summed E-state index contributed by atoms with van der Waals surface area (Å²) in [5.41, 5.74) is 4.49. The molecule has 5 nitrogen and oxygen atoms in total. The van der Waals surface area contributed by atoms with Crippen molar-refractivity contribution in [2.24, 2.45) is 10.2 Å². The summed E-state index contributed by atoms with van der Waals surface area (Å²) in [6.45, 7) is 10.5. The summed E-state index contributed by atoms with van der Waals surface area (Å²) in [5, 5.41) is 8.63. The van der Waals surface area contributed by atoms with Crippen LogP contribution >= 0.6 is 0 Å². The molecule has 0 fully saturated rings. The van der Waals surface area contributed by atoms with Gasteiger partial charge in [-0.3, -0.25) is 0 Å². The van der Waals surface area contributed by atoms with Gasteiger partial charge < -0.3 is 9.47 Å². The predicted molar refractivity (Wildman–Crippen MR) is 126 cm³/mol. The Bertz CT molecular complexity index is 852. The molecule has 0 bridgehead atoms. The molecule has 0 heterocycles. The van der Waals surface area contributed by atoms with Crippen LogP contribution in [0.2, 0.25) is 0 Å². The molecule has 2 rings (SSSR count). The molecule has 0 spiro atoms. The van der Waals surface area contributed by atoms with Gasteiger partial charge in [0.2, 0.25) is 0 Å². The lowest BCUT2D eigenvalue weighted by molar-refractivity contribution is -0.139. The third kappa shape index (κ3) is 10.1. The summed E-state index contributed by atoms with van der Waals surface area (Å²) in [5.74, 6) is 0.555. The molecule has 0 radical (unpaired) electrons. The van der Waals surface area contributed by atoms with E-state index in [-0.39, 0.29) is 5.97 Å². The smallest absolute Gasteiger partial charge is 0.333 e. The van der Waals surface area contributed by atoms with E-state index in [1.807, 2.05) is 36.4 Å². The first-order valence-electron chi connectivity index (χ1n) is 11.0. The highest BCUT2D eigenvalue weighted by atomic mass is 16.5. The molecule has 0 saturated heterocycles. The Morgan fingerprint density at radius 2 is 1.35 bits per heavy atom. The van der Waals surface area contributed by atoms with Crippen LogP contribution in [0.15, 0.2) is 64.8 Å². The monoisotopic (exact) mass is 422 g/mol. The second-order valence-corrected chi connectivity index (χ2v) is 7.93. The largest absolute Gasteiger partial charge is 0.494 e. The molecule has 2 aromatic carbocycles. The van der Waals surface area contributed by atoms with Crippen LogP contribution in [0.4, 0.5) is 11.4 Å². The van der Waals surface area contributed by atoms with E-state index in [4.69, 9.17) is 9.47 Å². The molecule has 0 aliphatic rings. The standard InChI is InChI=1S/C26H34N2O3/c1-20(2)26(29)31-16-10-8-6-5-7-9-15-30-25-13-11-23(12-14-25)27-28-24-18-21(3)17-22(4)19-24/h11-14,17-19H,1,5-10,15-16H2,2-4H3/b28-27+. The van der Waals surface area contributed by atoms with Gasteiger partial charge in [-0.1, -0.05) is 38.3 Å². The van der Waals surface area contributed by atoms with Crippen molar-refractivity contribution in [1.29, 1.82) is 0 Å². The van der Waals surface area contributed by atoms with Crippen LogP contribution in [0.5, 0.6) is 5.75 Å². The van der Waals surface area contributed by atoms with Crippen molar-refractivity contribution in [3.05, 3.63) is 65.7 Å². The molecule has 5 heteroatoms. The predicted octanol–water partition coefficient (Wildman–Crippen LogP) is 7.56. The number of hydrogen-bond donors (Lipinski definition) is 0. The summed E-state index contributed by atoms with van der Waals surface area (Å²) in [7, 11) is 0. The lowest BCUT2D eigenvalue weighted by Crippen LogP contribution is -2.06. The molecule has 0 amide bonds. The van der Waals surface area contributed by atoms with Crippen LogP contribution in [0.25, 0.3) is 0 Å². The van der Waals surface area contributed by atoms with Crippen LogP contribution in [-0.4, -0.2) is 19.2 Å². The van der Waals surface area contributed by atoms with Crippen molar-refractivity contribution >= 4 is 17.3 Å². The van der Waals surface area contributed by atoms with Gasteiger partial charge in [0, 0.05) is 5.57 Å². The number of ether oxygens (including phenoxy) is 2. The molecule has 0 N–H and O–H groups in total. The Kier molecular flexibility index (Phi) is 10.5. The molecule has 0 atom stereocenters. The number of carbonyl (C=O) groups excluding carboxylic acids is 1. The van der Waals surface area contributed by atoms with Gasteiger partial charge in [0.1, 0.15) is 5.75 Å². The van der Waals surface area contributed by atoms with Gasteiger partial charge in [-0.25, -0.2) is 4.79 Å². The minimum Gasteiger partial charge on any atom is -0.494 e. The molecular weight excluding hydrogens is 388 g/mol. The van der Waals surface area contributed by atoms with E-state index in [9.17, 15) is 4.79 Å². The molecule has 0 aliphatic carbocycles. The highest BCUT2D eigenvalue weighted by Gasteiger charge is 2.02. The number of esters is 1. The van der Waals surface area contributed by atoms with Gasteiger partial charge in [0.15, 0.2) is 0 Å². The minimum absolute atomic E-state index is 0.297. The van der Waals surface area contributed by atoms with Crippen LogP contribution < -0.4 is 4.74 Å². The maximum atomic E-state index is 11.3. The molecule has 0 unspecified atom stereocenters. The summed E-state index contributed by atoms with van der Waals surface area (Å²) >= 11 is 0. The Morgan fingerprint density at radius 1 is 0.806 bits per heavy atom. The second kappa shape index (κ2) is 13.4. The van der Waals surface area contributed by atoms with E-state index >= 15 is 0 Å². The van der Waals surface area contributed by atoms with Gasteiger partial charge in [-0.05, 0) is 81.1 Å². The fourth-order valence-electron chi connectivity index (χ4n) is 3.12. The van der Waals surface area contributed by atoms with Crippen molar-refractivity contribution in [2.75, 3.05) is 13.2 Å². The number of unbranched alkanes of at least 4 members (excludes halogenated alkanes) is 5. The average molecular weight is 423 g/mol. The van der Waals surface area contributed by atoms with Crippen molar-refractivity contribution in [3.8, 4) is 5.75 Å². The van der Waals surface area contributed by atoms with Crippen LogP contribution in [0.3, 0.4) is 0 Å². The maximum absolute atomic E-state index is 11.3. The van der Waals surface area contributed by atoms with Crippen molar-refractivity contribution in [3.63, 3.8) is 0 Å². The molecule has 31 heavy (non-hydrogen) atoms. The Labute approximate surface area is 186 Å². The summed E-state index contributed by atoms with van der Waals surface area (Å²) in [6, 6.07) is 13.9. The normalized spacial score (nSPS) is 10.9. The molecule has 0 aliphatic heterocycles. The number of carbonyl (C=O) groups is 1. The Balaban J connectivity index is 1.56. The van der Waals surface area contributed by atoms with Gasteiger partial charge in [0.05, 0.1) is 24.6 Å². The molecule has 0 aromatic heterocycles. The molecule has 166 valence electrons. The maximum Gasteiger partial charge on any atom is 0.333 e. The number of rotatable bonds is 13. The van der Waals surface area contributed by atoms with Crippen molar-refractivity contribution in [1.82, 2.24) is 0 Å². The zero-order valence-corrected chi connectivity index (χ0v) is 19.0. The highest BCUT2D eigenvalue weighted by Crippen LogP contribution is 2.23. The molecular formula is C26H34N2O3. The number of benzene rings is 2. The van der Waals surface area contributed by atoms with Crippen LogP contribution in [0.1, 0.15) is 56.6 Å². The number of nitrogens with zero attached hydrogens (tertiary/aromatic N) is 2. The van der Waals surface area contributed by atoms with Gasteiger partial charge in [0.25, 0.3) is 0 Å². The zero-order valence-electron chi connectivity index (χ0n) is 19.0. The highest BCUT2D eigenvalue weighted by molar-refractivity contribution is 5.86. The quantitative estimate of drug-likeness (QED) is 0.145. The average Bonchev–Trinajstić information content (AvgIpc) is 2.73. The first-order valence-corrected chi connectivity index (χ1v) is 11.0. The third-order valence-corrected chi connectivity index (χ3v) is 4.71. The van der Waals surface area contributed by atoms with E-state index in [0.29, 0.717) is 18.8 Å². The lowest BCUT2D eigenvalue weighted by atomic mass is 10.1. The zero-order chi connectivity index (χ0) is 22.5. The number of aryl methyl sites for hydroxylation is 2. The van der Waals surface area contributed by atoms with E-state index in [1.54, 1.807) is 6.92 Å². The first kappa shape index (κ1) is 24.3. The lowest BCUT2D eigenvalue weighted by Gasteiger charge is -2.07. The summed E-state index contributed by atoms with van der Waals surface area (Å²) in [6.07, 6.45) is 6.44. The van der Waals surface area contributed by atoms with E-state index < -0.39 is 0 Å². The van der Waals surface area contributed by atoms with Crippen molar-refractivity contribution < 1.29 is 14.3 Å². The van der Waals surface area contributed by atoms with Crippen molar-refractivity contribution in [2.45, 2.75) is 59.3 Å². The Morgan fingerprint density at radius 3 is 1.97 bits per heavy atom. The van der Waals surface area contributed by atoms with E-state index in [0.717, 1.165) is 55.6 Å². The van der Waals surface area contributed by atoms with Crippen LogP contribution in [0, 0.1) is 13.8 Å². The Hall–Kier alpha value is -2.95. The van der Waals surface area contributed by atoms with Gasteiger partial charge in [-0.2, -0.15) is 10.2 Å². The van der Waals surface area contributed by atoms with E-state index in [1.165, 1.54) is 11.1 Å². The molecule has 0 saturated carbocycles. The minimum atomic E-state index is -0.297. The van der Waals surface area contributed by atoms with Gasteiger partial charge in [-0.15, -0.1) is 0 Å². The third-order valence-electron chi connectivity index (χ3n) is 4.71. The summed E-state index contributed by atoms with van der Waals surface area (Å²) in [4.78, 5) is 11.3. The van der Waals surface area contributed by atoms with Gasteiger partial charge >= 0.3 is 5.97 Å². The van der Waals surface area contributed by atoms with E-state index in [2.05, 4.69) is 36.7 Å². The SMILES string of the molecule is C=C(C)C(=O)OCCCCCCCCOc1ccc(/N=N/c2cc(C)cc(C)c2)cc1. The fourth-order valence-corrected chi connectivity index (χ4v) is 3.12. The summed E-state index contributed by atoms with van der Waals surface area (Å²) < 4.78 is 10.9. The number of hydrogen-bond acceptors (Lipinski definition) is 5. The fraction of sp³-hybridized carbons (Fsp3) is 0.423. The number of azo groups is 1. The van der Waals surface area contributed by atoms with Crippen LogP contribution in [-0.2, 0) is 9.53 Å².